The first-order chi connectivity index (χ1) is 13.3. The molecule has 0 aromatic heterocycles. The SMILES string of the molecule is Cc1ccc(C(=O)Oc2ccc(OC(=O)c3ccc(C)c(C)c3)cc2)cc1C. The standard InChI is InChI=1S/C24H22O4/c1-15-5-7-19(13-17(15)3)23(25)27-21-9-11-22(12-10-21)28-24(26)20-8-6-16(2)18(4)14-20/h5-14H,1-4H3. The van der Waals surface area contributed by atoms with Gasteiger partial charge in [0.2, 0.25) is 0 Å². The summed E-state index contributed by atoms with van der Waals surface area (Å²) >= 11 is 0. The third-order valence-electron chi connectivity index (χ3n) is 4.73. The van der Waals surface area contributed by atoms with Crippen LogP contribution >= 0.6 is 0 Å². The second-order valence-electron chi connectivity index (χ2n) is 6.85. The van der Waals surface area contributed by atoms with Crippen molar-refractivity contribution in [3.8, 4) is 11.5 Å². The van der Waals surface area contributed by atoms with Crippen LogP contribution in [0.5, 0.6) is 11.5 Å². The fraction of sp³-hybridized carbons (Fsp3) is 0.167. The van der Waals surface area contributed by atoms with E-state index < -0.39 is 11.9 Å². The molecular formula is C24H22O4. The molecule has 4 nitrogen and oxygen atoms in total. The molecule has 0 atom stereocenters. The molecule has 0 saturated carbocycles. The lowest BCUT2D eigenvalue weighted by molar-refractivity contribution is 0.0719. The highest BCUT2D eigenvalue weighted by molar-refractivity contribution is 5.92. The first-order valence-electron chi connectivity index (χ1n) is 9.02. The molecule has 3 rings (SSSR count). The zero-order valence-corrected chi connectivity index (χ0v) is 16.4. The van der Waals surface area contributed by atoms with E-state index in [4.69, 9.17) is 9.47 Å². The van der Waals surface area contributed by atoms with Gasteiger partial charge in [-0.25, -0.2) is 9.59 Å². The van der Waals surface area contributed by atoms with E-state index in [1.807, 2.05) is 39.8 Å². The number of hydrogen-bond acceptors (Lipinski definition) is 4. The minimum Gasteiger partial charge on any atom is -0.423 e. The molecule has 0 aliphatic heterocycles. The smallest absolute Gasteiger partial charge is 0.343 e. The van der Waals surface area contributed by atoms with Crippen molar-refractivity contribution >= 4 is 11.9 Å². The van der Waals surface area contributed by atoms with Gasteiger partial charge in [-0.3, -0.25) is 0 Å². The van der Waals surface area contributed by atoms with Crippen LogP contribution in [0.3, 0.4) is 0 Å². The van der Waals surface area contributed by atoms with Gasteiger partial charge < -0.3 is 9.47 Å². The second kappa shape index (κ2) is 8.09. The zero-order valence-electron chi connectivity index (χ0n) is 16.4. The summed E-state index contributed by atoms with van der Waals surface area (Å²) in [5, 5.41) is 0. The quantitative estimate of drug-likeness (QED) is 0.456. The van der Waals surface area contributed by atoms with Crippen molar-refractivity contribution in [3.63, 3.8) is 0 Å². The lowest BCUT2D eigenvalue weighted by Crippen LogP contribution is -2.10. The summed E-state index contributed by atoms with van der Waals surface area (Å²) in [5.74, 6) is -0.0886. The number of carbonyl (C=O) groups is 2. The van der Waals surface area contributed by atoms with Gasteiger partial charge in [0, 0.05) is 0 Å². The van der Waals surface area contributed by atoms with Gasteiger partial charge in [0.15, 0.2) is 0 Å². The van der Waals surface area contributed by atoms with E-state index in [0.29, 0.717) is 22.6 Å². The maximum Gasteiger partial charge on any atom is 0.343 e. The van der Waals surface area contributed by atoms with E-state index in [2.05, 4.69) is 0 Å². The highest BCUT2D eigenvalue weighted by atomic mass is 16.5. The Hall–Kier alpha value is -3.40. The monoisotopic (exact) mass is 374 g/mol. The Balaban J connectivity index is 1.65. The van der Waals surface area contributed by atoms with Gasteiger partial charge >= 0.3 is 11.9 Å². The molecule has 0 N–H and O–H groups in total. The molecule has 0 unspecified atom stereocenters. The van der Waals surface area contributed by atoms with Gasteiger partial charge in [0.05, 0.1) is 11.1 Å². The summed E-state index contributed by atoms with van der Waals surface area (Å²) in [6, 6.07) is 17.3. The van der Waals surface area contributed by atoms with Crippen molar-refractivity contribution in [1.82, 2.24) is 0 Å². The van der Waals surface area contributed by atoms with Crippen LogP contribution in [0.15, 0.2) is 60.7 Å². The lowest BCUT2D eigenvalue weighted by atomic mass is 10.1. The Morgan fingerprint density at radius 2 is 0.893 bits per heavy atom. The van der Waals surface area contributed by atoms with E-state index in [-0.39, 0.29) is 0 Å². The fourth-order valence-electron chi connectivity index (χ4n) is 2.64. The van der Waals surface area contributed by atoms with Gasteiger partial charge in [-0.1, -0.05) is 12.1 Å². The Morgan fingerprint density at radius 1 is 0.536 bits per heavy atom. The summed E-state index contributed by atoms with van der Waals surface area (Å²) in [6.45, 7) is 7.88. The maximum atomic E-state index is 12.3. The lowest BCUT2D eigenvalue weighted by Gasteiger charge is -2.08. The summed E-state index contributed by atoms with van der Waals surface area (Å²) in [7, 11) is 0. The third kappa shape index (κ3) is 4.46. The van der Waals surface area contributed by atoms with Crippen molar-refractivity contribution in [2.24, 2.45) is 0 Å². The topological polar surface area (TPSA) is 52.6 Å². The minimum atomic E-state index is -0.428. The molecule has 0 bridgehead atoms. The molecule has 0 saturated heterocycles. The molecule has 3 aromatic carbocycles. The predicted octanol–water partition coefficient (Wildman–Crippen LogP) is 5.36. The molecule has 0 amide bonds. The first kappa shape index (κ1) is 19.4. The van der Waals surface area contributed by atoms with E-state index in [9.17, 15) is 9.59 Å². The fourth-order valence-corrected chi connectivity index (χ4v) is 2.64. The van der Waals surface area contributed by atoms with Crippen molar-refractivity contribution in [3.05, 3.63) is 94.0 Å². The number of hydrogen-bond donors (Lipinski definition) is 0. The molecule has 0 aliphatic rings. The van der Waals surface area contributed by atoms with Gasteiger partial charge in [0.1, 0.15) is 11.5 Å². The molecule has 0 fully saturated rings. The molecule has 0 spiro atoms. The summed E-state index contributed by atoms with van der Waals surface area (Å²) < 4.78 is 10.8. The first-order valence-corrected chi connectivity index (χ1v) is 9.02. The van der Waals surface area contributed by atoms with E-state index >= 15 is 0 Å². The number of benzene rings is 3. The Bertz CT molecular complexity index is 948. The van der Waals surface area contributed by atoms with Crippen LogP contribution in [0.25, 0.3) is 0 Å². The average molecular weight is 374 g/mol. The van der Waals surface area contributed by atoms with Crippen LogP contribution < -0.4 is 9.47 Å². The van der Waals surface area contributed by atoms with Crippen LogP contribution in [0, 0.1) is 27.7 Å². The van der Waals surface area contributed by atoms with Gasteiger partial charge in [-0.2, -0.15) is 0 Å². The van der Waals surface area contributed by atoms with E-state index in [1.54, 1.807) is 48.5 Å². The number of ether oxygens (including phenoxy) is 2. The molecular weight excluding hydrogens is 352 g/mol. The number of rotatable bonds is 4. The minimum absolute atomic E-state index is 0.384. The number of aryl methyl sites for hydroxylation is 4. The van der Waals surface area contributed by atoms with Crippen LogP contribution in [0.2, 0.25) is 0 Å². The molecule has 4 heteroatoms. The van der Waals surface area contributed by atoms with Gasteiger partial charge in [-0.15, -0.1) is 0 Å². The molecule has 0 radical (unpaired) electrons. The average Bonchev–Trinajstić information content (AvgIpc) is 2.67. The van der Waals surface area contributed by atoms with Crippen molar-refractivity contribution in [1.29, 1.82) is 0 Å². The molecule has 28 heavy (non-hydrogen) atoms. The summed E-state index contributed by atoms with van der Waals surface area (Å²) in [4.78, 5) is 24.6. The Kier molecular flexibility index (Phi) is 5.59. The Labute approximate surface area is 164 Å². The predicted molar refractivity (Wildman–Crippen MR) is 108 cm³/mol. The van der Waals surface area contributed by atoms with Gasteiger partial charge in [0.25, 0.3) is 0 Å². The molecule has 3 aromatic rings. The normalized spacial score (nSPS) is 10.4. The zero-order chi connectivity index (χ0) is 20.3. The van der Waals surface area contributed by atoms with E-state index in [0.717, 1.165) is 22.3 Å². The van der Waals surface area contributed by atoms with Crippen LogP contribution in [-0.4, -0.2) is 11.9 Å². The highest BCUT2D eigenvalue weighted by Gasteiger charge is 2.12. The molecule has 0 aliphatic carbocycles. The number of esters is 2. The molecule has 142 valence electrons. The highest BCUT2D eigenvalue weighted by Crippen LogP contribution is 2.21. The van der Waals surface area contributed by atoms with Gasteiger partial charge in [-0.05, 0) is 98.5 Å². The van der Waals surface area contributed by atoms with Crippen molar-refractivity contribution < 1.29 is 19.1 Å². The van der Waals surface area contributed by atoms with Crippen molar-refractivity contribution in [2.45, 2.75) is 27.7 Å². The van der Waals surface area contributed by atoms with Crippen LogP contribution in [-0.2, 0) is 0 Å². The maximum absolute atomic E-state index is 12.3. The summed E-state index contributed by atoms with van der Waals surface area (Å²) in [6.07, 6.45) is 0. The van der Waals surface area contributed by atoms with Crippen LogP contribution in [0.1, 0.15) is 43.0 Å². The molecule has 0 heterocycles. The summed E-state index contributed by atoms with van der Waals surface area (Å²) in [5.41, 5.74) is 5.28. The number of carbonyl (C=O) groups excluding carboxylic acids is 2. The Morgan fingerprint density at radius 3 is 1.21 bits per heavy atom. The van der Waals surface area contributed by atoms with Crippen molar-refractivity contribution in [2.75, 3.05) is 0 Å². The largest absolute Gasteiger partial charge is 0.423 e. The third-order valence-corrected chi connectivity index (χ3v) is 4.73. The van der Waals surface area contributed by atoms with Crippen LogP contribution in [0.4, 0.5) is 0 Å². The van der Waals surface area contributed by atoms with E-state index in [1.165, 1.54) is 0 Å². The second-order valence-corrected chi connectivity index (χ2v) is 6.85.